The van der Waals surface area contributed by atoms with E-state index in [-0.39, 0.29) is 0 Å². The highest BCUT2D eigenvalue weighted by atomic mass is 32.1. The highest BCUT2D eigenvalue weighted by Crippen LogP contribution is 2.33. The number of hydrogen-bond acceptors (Lipinski definition) is 3. The van der Waals surface area contributed by atoms with Crippen LogP contribution in [0.25, 0.3) is 0 Å². The van der Waals surface area contributed by atoms with Gasteiger partial charge in [0, 0.05) is 11.3 Å². The monoisotopic (exact) mass is 210 g/mol. The fourth-order valence-corrected chi connectivity index (χ4v) is 2.92. The minimum Gasteiger partial charge on any atom is -0.364 e. The van der Waals surface area contributed by atoms with Crippen molar-refractivity contribution >= 4 is 17.2 Å². The molecule has 0 saturated heterocycles. The second kappa shape index (κ2) is 4.09. The number of nitrogens with zero attached hydrogens (tertiary/aromatic N) is 1. The molecule has 0 atom stereocenters. The Kier molecular flexibility index (Phi) is 2.82. The lowest BCUT2D eigenvalue weighted by Gasteiger charge is -2.18. The number of rotatable bonds is 2. The first-order valence-corrected chi connectivity index (χ1v) is 5.90. The Hall–Kier alpha value is -0.900. The lowest BCUT2D eigenvalue weighted by molar-refractivity contribution is 0.0996. The zero-order valence-electron chi connectivity index (χ0n) is 8.03. The van der Waals surface area contributed by atoms with Crippen LogP contribution in [-0.4, -0.2) is 10.9 Å². The quantitative estimate of drug-likeness (QED) is 0.814. The van der Waals surface area contributed by atoms with E-state index < -0.39 is 5.91 Å². The van der Waals surface area contributed by atoms with E-state index in [2.05, 4.69) is 4.98 Å². The standard InChI is InChI=1S/C10H14N2OS/c11-9(13)8-6-14-10(12-8)7-4-2-1-3-5-7/h6-7H,1-5H2,(H2,11,13). The van der Waals surface area contributed by atoms with E-state index in [0.29, 0.717) is 11.6 Å². The van der Waals surface area contributed by atoms with Crippen molar-refractivity contribution in [2.24, 2.45) is 5.73 Å². The number of amides is 1. The predicted octanol–water partition coefficient (Wildman–Crippen LogP) is 2.29. The molecule has 0 aromatic carbocycles. The lowest BCUT2D eigenvalue weighted by Crippen LogP contribution is -2.12. The molecule has 2 N–H and O–H groups in total. The van der Waals surface area contributed by atoms with E-state index in [4.69, 9.17) is 5.73 Å². The summed E-state index contributed by atoms with van der Waals surface area (Å²) < 4.78 is 0. The normalized spacial score (nSPS) is 18.3. The van der Waals surface area contributed by atoms with Crippen LogP contribution >= 0.6 is 11.3 Å². The molecule has 0 unspecified atom stereocenters. The number of thiazole rings is 1. The largest absolute Gasteiger partial charge is 0.364 e. The van der Waals surface area contributed by atoms with Gasteiger partial charge in [0.2, 0.25) is 0 Å². The first-order valence-electron chi connectivity index (χ1n) is 5.02. The smallest absolute Gasteiger partial charge is 0.268 e. The van der Waals surface area contributed by atoms with E-state index in [9.17, 15) is 4.79 Å². The molecule has 1 fully saturated rings. The lowest BCUT2D eigenvalue weighted by atomic mass is 9.90. The van der Waals surface area contributed by atoms with E-state index in [1.165, 1.54) is 32.1 Å². The van der Waals surface area contributed by atoms with Gasteiger partial charge in [-0.05, 0) is 12.8 Å². The van der Waals surface area contributed by atoms with Crippen LogP contribution < -0.4 is 5.73 Å². The summed E-state index contributed by atoms with van der Waals surface area (Å²) in [6.07, 6.45) is 6.34. The van der Waals surface area contributed by atoms with Gasteiger partial charge in [0.1, 0.15) is 5.69 Å². The summed E-state index contributed by atoms with van der Waals surface area (Å²) in [5.74, 6) is 0.158. The molecule has 14 heavy (non-hydrogen) atoms. The Balaban J connectivity index is 2.11. The van der Waals surface area contributed by atoms with Gasteiger partial charge in [-0.25, -0.2) is 4.98 Å². The second-order valence-corrected chi connectivity index (χ2v) is 4.66. The molecule has 76 valence electrons. The van der Waals surface area contributed by atoms with Crippen molar-refractivity contribution in [3.63, 3.8) is 0 Å². The van der Waals surface area contributed by atoms with Crippen molar-refractivity contribution < 1.29 is 4.79 Å². The van der Waals surface area contributed by atoms with Gasteiger partial charge < -0.3 is 5.73 Å². The van der Waals surface area contributed by atoms with Crippen LogP contribution in [0.4, 0.5) is 0 Å². The third-order valence-corrected chi connectivity index (χ3v) is 3.74. The summed E-state index contributed by atoms with van der Waals surface area (Å²) in [7, 11) is 0. The Bertz CT molecular complexity index is 329. The Morgan fingerprint density at radius 1 is 1.43 bits per heavy atom. The molecule has 0 aliphatic heterocycles. The minimum absolute atomic E-state index is 0.414. The summed E-state index contributed by atoms with van der Waals surface area (Å²) >= 11 is 1.57. The van der Waals surface area contributed by atoms with Crippen LogP contribution in [0.15, 0.2) is 5.38 Å². The Labute approximate surface area is 87.3 Å². The molecule has 4 heteroatoms. The molecule has 0 radical (unpaired) electrons. The molecule has 1 aromatic heterocycles. The maximum absolute atomic E-state index is 10.9. The summed E-state index contributed by atoms with van der Waals surface area (Å²) in [5.41, 5.74) is 5.59. The molecule has 1 saturated carbocycles. The van der Waals surface area contributed by atoms with Crippen LogP contribution in [0, 0.1) is 0 Å². The average Bonchev–Trinajstić information content (AvgIpc) is 2.68. The highest BCUT2D eigenvalue weighted by molar-refractivity contribution is 7.09. The van der Waals surface area contributed by atoms with Crippen molar-refractivity contribution in [1.82, 2.24) is 4.98 Å². The molecule has 2 rings (SSSR count). The zero-order valence-corrected chi connectivity index (χ0v) is 8.85. The highest BCUT2D eigenvalue weighted by Gasteiger charge is 2.19. The predicted molar refractivity (Wildman–Crippen MR) is 56.5 cm³/mol. The second-order valence-electron chi connectivity index (χ2n) is 3.77. The zero-order chi connectivity index (χ0) is 9.97. The van der Waals surface area contributed by atoms with E-state index in [1.807, 2.05) is 0 Å². The molecule has 1 amide bonds. The number of primary amides is 1. The number of hydrogen-bond donors (Lipinski definition) is 1. The molecule has 1 aliphatic carbocycles. The van der Waals surface area contributed by atoms with Gasteiger partial charge in [-0.15, -0.1) is 11.3 Å². The topological polar surface area (TPSA) is 56.0 Å². The van der Waals surface area contributed by atoms with Crippen molar-refractivity contribution in [3.8, 4) is 0 Å². The van der Waals surface area contributed by atoms with Gasteiger partial charge in [0.05, 0.1) is 5.01 Å². The number of carbonyl (C=O) groups excluding carboxylic acids is 1. The molecule has 3 nitrogen and oxygen atoms in total. The number of nitrogens with two attached hydrogens (primary N) is 1. The van der Waals surface area contributed by atoms with Crippen LogP contribution in [0.1, 0.15) is 53.5 Å². The third-order valence-electron chi connectivity index (χ3n) is 2.73. The van der Waals surface area contributed by atoms with E-state index in [0.717, 1.165) is 5.01 Å². The van der Waals surface area contributed by atoms with E-state index in [1.54, 1.807) is 16.7 Å². The van der Waals surface area contributed by atoms with Gasteiger partial charge in [-0.2, -0.15) is 0 Å². The summed E-state index contributed by atoms with van der Waals surface area (Å²) in [5, 5.41) is 2.87. The first-order chi connectivity index (χ1) is 6.77. The van der Waals surface area contributed by atoms with Crippen molar-refractivity contribution in [1.29, 1.82) is 0 Å². The summed E-state index contributed by atoms with van der Waals surface area (Å²) in [6.45, 7) is 0. The summed E-state index contributed by atoms with van der Waals surface area (Å²) in [4.78, 5) is 15.1. The Morgan fingerprint density at radius 2 is 2.14 bits per heavy atom. The molecule has 1 aromatic rings. The van der Waals surface area contributed by atoms with Gasteiger partial charge in [-0.1, -0.05) is 19.3 Å². The maximum atomic E-state index is 10.9. The molecular weight excluding hydrogens is 196 g/mol. The Morgan fingerprint density at radius 3 is 2.71 bits per heavy atom. The van der Waals surface area contributed by atoms with Crippen LogP contribution in [0.2, 0.25) is 0 Å². The molecule has 1 aliphatic rings. The van der Waals surface area contributed by atoms with Crippen LogP contribution in [-0.2, 0) is 0 Å². The molecular formula is C10H14N2OS. The number of carbonyl (C=O) groups is 1. The third kappa shape index (κ3) is 1.95. The maximum Gasteiger partial charge on any atom is 0.268 e. The SMILES string of the molecule is NC(=O)c1csc(C2CCCCC2)n1. The average molecular weight is 210 g/mol. The van der Waals surface area contributed by atoms with Gasteiger partial charge in [0.15, 0.2) is 0 Å². The molecule has 1 heterocycles. The fraction of sp³-hybridized carbons (Fsp3) is 0.600. The van der Waals surface area contributed by atoms with Crippen molar-refractivity contribution in [3.05, 3.63) is 16.1 Å². The molecule has 0 spiro atoms. The van der Waals surface area contributed by atoms with Crippen LogP contribution in [0.3, 0.4) is 0 Å². The van der Waals surface area contributed by atoms with Gasteiger partial charge in [-0.3, -0.25) is 4.79 Å². The minimum atomic E-state index is -0.414. The van der Waals surface area contributed by atoms with Gasteiger partial charge >= 0.3 is 0 Å². The van der Waals surface area contributed by atoms with Crippen molar-refractivity contribution in [2.45, 2.75) is 38.0 Å². The van der Waals surface area contributed by atoms with Crippen LogP contribution in [0.5, 0.6) is 0 Å². The fourth-order valence-electron chi connectivity index (χ4n) is 1.94. The van der Waals surface area contributed by atoms with Crippen molar-refractivity contribution in [2.75, 3.05) is 0 Å². The number of aromatic nitrogens is 1. The first kappa shape index (κ1) is 9.65. The summed E-state index contributed by atoms with van der Waals surface area (Å²) in [6, 6.07) is 0. The van der Waals surface area contributed by atoms with E-state index >= 15 is 0 Å². The van der Waals surface area contributed by atoms with Gasteiger partial charge in [0.25, 0.3) is 5.91 Å². The molecule has 0 bridgehead atoms.